The van der Waals surface area contributed by atoms with E-state index in [1.807, 2.05) is 6.07 Å². The SMILES string of the molecule is COc1cc(CNc2cc(Cl)cc(Cl)c2)cc(Cl)c1OCc1ccc(F)cc1Cl. The van der Waals surface area contributed by atoms with Crippen molar-refractivity contribution in [2.24, 2.45) is 0 Å². The second-order valence-electron chi connectivity index (χ2n) is 6.15. The molecule has 0 aliphatic heterocycles. The molecular weight excluding hydrogens is 459 g/mol. The molecule has 0 spiro atoms. The molecule has 152 valence electrons. The van der Waals surface area contributed by atoms with Crippen LogP contribution >= 0.6 is 46.4 Å². The van der Waals surface area contributed by atoms with Gasteiger partial charge in [0.1, 0.15) is 12.4 Å². The average molecular weight is 475 g/mol. The van der Waals surface area contributed by atoms with Gasteiger partial charge in [0.05, 0.1) is 17.2 Å². The number of rotatable bonds is 7. The van der Waals surface area contributed by atoms with E-state index in [0.717, 1.165) is 11.3 Å². The summed E-state index contributed by atoms with van der Waals surface area (Å²) in [6.45, 7) is 0.588. The minimum atomic E-state index is -0.410. The Bertz CT molecular complexity index is 1010. The molecule has 0 aromatic heterocycles. The highest BCUT2D eigenvalue weighted by Crippen LogP contribution is 2.37. The highest BCUT2D eigenvalue weighted by molar-refractivity contribution is 6.35. The highest BCUT2D eigenvalue weighted by Gasteiger charge is 2.14. The number of halogens is 5. The Morgan fingerprint density at radius 2 is 1.62 bits per heavy atom. The normalized spacial score (nSPS) is 10.7. The van der Waals surface area contributed by atoms with Gasteiger partial charge in [0, 0.05) is 27.8 Å². The fourth-order valence-electron chi connectivity index (χ4n) is 2.66. The first-order valence-corrected chi connectivity index (χ1v) is 10.00. The molecule has 0 saturated heterocycles. The summed E-state index contributed by atoms with van der Waals surface area (Å²) in [4.78, 5) is 0. The molecule has 0 heterocycles. The lowest BCUT2D eigenvalue weighted by atomic mass is 10.2. The molecule has 3 aromatic rings. The second-order valence-corrected chi connectivity index (χ2v) is 7.83. The minimum absolute atomic E-state index is 0.119. The monoisotopic (exact) mass is 473 g/mol. The van der Waals surface area contributed by atoms with Crippen molar-refractivity contribution in [3.63, 3.8) is 0 Å². The third-order valence-electron chi connectivity index (χ3n) is 4.04. The molecule has 1 N–H and O–H groups in total. The van der Waals surface area contributed by atoms with Crippen molar-refractivity contribution in [3.05, 3.63) is 85.6 Å². The van der Waals surface area contributed by atoms with Gasteiger partial charge in [-0.05, 0) is 48.0 Å². The van der Waals surface area contributed by atoms with Crippen LogP contribution in [0.2, 0.25) is 20.1 Å². The maximum absolute atomic E-state index is 13.2. The Morgan fingerprint density at radius 3 is 2.28 bits per heavy atom. The van der Waals surface area contributed by atoms with Crippen LogP contribution in [0.3, 0.4) is 0 Å². The maximum atomic E-state index is 13.2. The predicted molar refractivity (Wildman–Crippen MR) is 118 cm³/mol. The Labute approximate surface area is 188 Å². The van der Waals surface area contributed by atoms with Crippen LogP contribution in [0.5, 0.6) is 11.5 Å². The smallest absolute Gasteiger partial charge is 0.180 e. The molecule has 0 unspecified atom stereocenters. The van der Waals surface area contributed by atoms with Gasteiger partial charge in [0.15, 0.2) is 11.5 Å². The van der Waals surface area contributed by atoms with E-state index in [4.69, 9.17) is 55.9 Å². The number of benzene rings is 3. The van der Waals surface area contributed by atoms with E-state index in [-0.39, 0.29) is 11.6 Å². The van der Waals surface area contributed by atoms with Crippen molar-refractivity contribution in [2.75, 3.05) is 12.4 Å². The van der Waals surface area contributed by atoms with Gasteiger partial charge in [-0.1, -0.05) is 52.5 Å². The molecule has 0 fully saturated rings. The molecule has 0 bridgehead atoms. The van der Waals surface area contributed by atoms with Gasteiger partial charge in [-0.15, -0.1) is 0 Å². The summed E-state index contributed by atoms with van der Waals surface area (Å²) in [5.74, 6) is 0.438. The summed E-state index contributed by atoms with van der Waals surface area (Å²) < 4.78 is 24.4. The zero-order valence-corrected chi connectivity index (χ0v) is 18.3. The Hall–Kier alpha value is -1.85. The number of methoxy groups -OCH3 is 1. The zero-order chi connectivity index (χ0) is 21.0. The molecule has 0 amide bonds. The van der Waals surface area contributed by atoms with Gasteiger partial charge in [-0.25, -0.2) is 4.39 Å². The lowest BCUT2D eigenvalue weighted by Gasteiger charge is -2.15. The van der Waals surface area contributed by atoms with E-state index in [1.165, 1.54) is 19.2 Å². The topological polar surface area (TPSA) is 30.5 Å². The molecule has 29 heavy (non-hydrogen) atoms. The van der Waals surface area contributed by atoms with Crippen molar-refractivity contribution in [2.45, 2.75) is 13.2 Å². The zero-order valence-electron chi connectivity index (χ0n) is 15.2. The van der Waals surface area contributed by atoms with Crippen LogP contribution in [0.1, 0.15) is 11.1 Å². The van der Waals surface area contributed by atoms with Crippen LogP contribution < -0.4 is 14.8 Å². The number of hydrogen-bond acceptors (Lipinski definition) is 3. The molecular formula is C21H16Cl4FNO2. The molecule has 0 radical (unpaired) electrons. The minimum Gasteiger partial charge on any atom is -0.493 e. The Kier molecular flexibility index (Phi) is 7.36. The van der Waals surface area contributed by atoms with E-state index in [2.05, 4.69) is 5.32 Å². The second kappa shape index (κ2) is 9.77. The highest BCUT2D eigenvalue weighted by atomic mass is 35.5. The molecule has 0 saturated carbocycles. The first-order chi connectivity index (χ1) is 13.9. The van der Waals surface area contributed by atoms with Gasteiger partial charge >= 0.3 is 0 Å². The van der Waals surface area contributed by atoms with Crippen molar-refractivity contribution in [1.29, 1.82) is 0 Å². The summed E-state index contributed by atoms with van der Waals surface area (Å²) >= 11 is 24.5. The quantitative estimate of drug-likeness (QED) is 0.381. The van der Waals surface area contributed by atoms with Crippen LogP contribution in [0.15, 0.2) is 48.5 Å². The van der Waals surface area contributed by atoms with Gasteiger partial charge in [-0.2, -0.15) is 0 Å². The fraction of sp³-hybridized carbons (Fsp3) is 0.143. The summed E-state index contributed by atoms with van der Waals surface area (Å²) in [5, 5.41) is 4.97. The largest absolute Gasteiger partial charge is 0.493 e. The van der Waals surface area contributed by atoms with Gasteiger partial charge in [0.2, 0.25) is 0 Å². The molecule has 3 aromatic carbocycles. The van der Waals surface area contributed by atoms with Crippen molar-refractivity contribution >= 4 is 52.1 Å². The van der Waals surface area contributed by atoms with Crippen LogP contribution in [0.25, 0.3) is 0 Å². The Morgan fingerprint density at radius 1 is 0.897 bits per heavy atom. The lowest BCUT2D eigenvalue weighted by molar-refractivity contribution is 0.284. The fourth-order valence-corrected chi connectivity index (χ4v) is 3.70. The third-order valence-corrected chi connectivity index (χ3v) is 5.10. The summed E-state index contributed by atoms with van der Waals surface area (Å²) in [7, 11) is 1.53. The average Bonchev–Trinajstić information content (AvgIpc) is 2.65. The summed E-state index contributed by atoms with van der Waals surface area (Å²) in [6.07, 6.45) is 0. The summed E-state index contributed by atoms with van der Waals surface area (Å²) in [5.41, 5.74) is 2.29. The molecule has 0 aliphatic carbocycles. The van der Waals surface area contributed by atoms with Gasteiger partial charge < -0.3 is 14.8 Å². The first-order valence-electron chi connectivity index (χ1n) is 8.49. The van der Waals surface area contributed by atoms with E-state index in [1.54, 1.807) is 30.3 Å². The van der Waals surface area contributed by atoms with Crippen LogP contribution in [0, 0.1) is 5.82 Å². The van der Waals surface area contributed by atoms with E-state index in [9.17, 15) is 4.39 Å². The first kappa shape index (κ1) is 21.8. The van der Waals surface area contributed by atoms with Crippen LogP contribution in [-0.2, 0) is 13.2 Å². The Balaban J connectivity index is 1.74. The van der Waals surface area contributed by atoms with Crippen molar-refractivity contribution in [3.8, 4) is 11.5 Å². The van der Waals surface area contributed by atoms with Gasteiger partial charge in [-0.3, -0.25) is 0 Å². The number of hydrogen-bond donors (Lipinski definition) is 1. The molecule has 3 nitrogen and oxygen atoms in total. The number of anilines is 1. The molecule has 0 atom stereocenters. The lowest BCUT2D eigenvalue weighted by Crippen LogP contribution is -2.03. The van der Waals surface area contributed by atoms with Crippen LogP contribution in [0.4, 0.5) is 10.1 Å². The molecule has 3 rings (SSSR count). The van der Waals surface area contributed by atoms with E-state index in [0.29, 0.717) is 38.7 Å². The number of nitrogens with one attached hydrogen (secondary N) is 1. The number of ether oxygens (including phenoxy) is 2. The van der Waals surface area contributed by atoms with Crippen molar-refractivity contribution in [1.82, 2.24) is 0 Å². The van der Waals surface area contributed by atoms with E-state index >= 15 is 0 Å². The molecule has 8 heteroatoms. The maximum Gasteiger partial charge on any atom is 0.180 e. The summed E-state index contributed by atoms with van der Waals surface area (Å²) in [6, 6.07) is 12.9. The standard InChI is InChI=1S/C21H16Cl4FNO2/c1-28-20-5-12(10-27-17-7-14(22)6-15(23)8-17)4-19(25)21(20)29-11-13-2-3-16(26)9-18(13)24/h2-9,27H,10-11H2,1H3. The van der Waals surface area contributed by atoms with Crippen molar-refractivity contribution < 1.29 is 13.9 Å². The predicted octanol–water partition coefficient (Wildman–Crippen LogP) is 7.64. The van der Waals surface area contributed by atoms with Crippen LogP contribution in [-0.4, -0.2) is 7.11 Å². The van der Waals surface area contributed by atoms with E-state index < -0.39 is 5.82 Å². The molecule has 0 aliphatic rings. The third kappa shape index (κ3) is 5.83. The van der Waals surface area contributed by atoms with Gasteiger partial charge in [0.25, 0.3) is 0 Å².